The molecule has 0 radical (unpaired) electrons. The zero-order valence-corrected chi connectivity index (χ0v) is 12.8. The Labute approximate surface area is 134 Å². The highest BCUT2D eigenvalue weighted by molar-refractivity contribution is 6.03. The topological polar surface area (TPSA) is 67.2 Å². The molecule has 1 N–H and O–H groups in total. The second-order valence-electron chi connectivity index (χ2n) is 5.46. The van der Waals surface area contributed by atoms with Crippen molar-refractivity contribution in [1.29, 1.82) is 0 Å². The first-order valence-corrected chi connectivity index (χ1v) is 7.47. The van der Waals surface area contributed by atoms with Gasteiger partial charge in [-0.15, -0.1) is 0 Å². The van der Waals surface area contributed by atoms with Crippen LogP contribution in [-0.4, -0.2) is 34.2 Å². The van der Waals surface area contributed by atoms with Crippen LogP contribution in [0.15, 0.2) is 48.8 Å². The second-order valence-corrected chi connectivity index (χ2v) is 5.46. The van der Waals surface area contributed by atoms with Gasteiger partial charge in [0.25, 0.3) is 0 Å². The van der Waals surface area contributed by atoms with Crippen LogP contribution in [-0.2, 0) is 16.6 Å². The Kier molecular flexibility index (Phi) is 4.23. The van der Waals surface area contributed by atoms with Crippen molar-refractivity contribution in [2.75, 3.05) is 11.4 Å². The minimum Gasteiger partial charge on any atom is -0.341 e. The molecule has 0 bridgehead atoms. The van der Waals surface area contributed by atoms with E-state index in [1.807, 2.05) is 30.3 Å². The summed E-state index contributed by atoms with van der Waals surface area (Å²) in [6.07, 6.45) is 7.22. The lowest BCUT2D eigenvalue weighted by Crippen LogP contribution is -2.40. The minimum atomic E-state index is -0.483. The van der Waals surface area contributed by atoms with Crippen LogP contribution in [0.25, 0.3) is 6.08 Å². The van der Waals surface area contributed by atoms with E-state index in [0.29, 0.717) is 13.0 Å². The molecule has 2 heterocycles. The molecule has 0 unspecified atom stereocenters. The van der Waals surface area contributed by atoms with Gasteiger partial charge in [0.05, 0.1) is 11.9 Å². The number of nitrogens with zero attached hydrogens (tertiary/aromatic N) is 3. The van der Waals surface area contributed by atoms with Crippen LogP contribution in [0.4, 0.5) is 5.69 Å². The summed E-state index contributed by atoms with van der Waals surface area (Å²) < 4.78 is 1.65. The molecule has 23 heavy (non-hydrogen) atoms. The van der Waals surface area contributed by atoms with Crippen LogP contribution < -0.4 is 10.2 Å². The lowest BCUT2D eigenvalue weighted by atomic mass is 10.2. The third kappa shape index (κ3) is 3.48. The first-order chi connectivity index (χ1) is 11.1. The maximum Gasteiger partial charge on any atom is 0.249 e. The Morgan fingerprint density at radius 1 is 1.35 bits per heavy atom. The maximum atomic E-state index is 12.4. The van der Waals surface area contributed by atoms with E-state index in [0.717, 1.165) is 11.3 Å². The van der Waals surface area contributed by atoms with Crippen molar-refractivity contribution < 1.29 is 9.59 Å². The van der Waals surface area contributed by atoms with Crippen molar-refractivity contribution in [2.24, 2.45) is 7.05 Å². The molecule has 3 rings (SSSR count). The van der Waals surface area contributed by atoms with E-state index in [1.165, 1.54) is 6.08 Å². The van der Waals surface area contributed by atoms with E-state index in [-0.39, 0.29) is 11.8 Å². The fourth-order valence-electron chi connectivity index (χ4n) is 2.57. The first kappa shape index (κ1) is 15.0. The summed E-state index contributed by atoms with van der Waals surface area (Å²) in [5.74, 6) is -0.361. The summed E-state index contributed by atoms with van der Waals surface area (Å²) in [5, 5.41) is 6.83. The third-order valence-corrected chi connectivity index (χ3v) is 3.75. The number of carbonyl (C=O) groups excluding carboxylic acids is 2. The number of rotatable bonds is 4. The van der Waals surface area contributed by atoms with Gasteiger partial charge >= 0.3 is 0 Å². The lowest BCUT2D eigenvalue weighted by molar-refractivity contribution is -0.123. The van der Waals surface area contributed by atoms with Crippen molar-refractivity contribution in [3.63, 3.8) is 0 Å². The summed E-state index contributed by atoms with van der Waals surface area (Å²) >= 11 is 0. The standard InChI is InChI=1S/C17H18N4O2/c1-20-12-14(11-18-20)21-10-9-15(17(21)23)19-16(22)8-7-13-5-3-2-4-6-13/h2-8,11-12,15H,9-10H2,1H3,(H,19,22)/b8-7+/t15-/m0/s1. The van der Waals surface area contributed by atoms with Crippen molar-refractivity contribution in [2.45, 2.75) is 12.5 Å². The monoisotopic (exact) mass is 310 g/mol. The van der Waals surface area contributed by atoms with Crippen LogP contribution in [0.1, 0.15) is 12.0 Å². The highest BCUT2D eigenvalue weighted by Crippen LogP contribution is 2.20. The molecule has 1 fully saturated rings. The van der Waals surface area contributed by atoms with Gasteiger partial charge in [-0.2, -0.15) is 5.10 Å². The van der Waals surface area contributed by atoms with E-state index in [1.54, 1.807) is 35.1 Å². The first-order valence-electron chi connectivity index (χ1n) is 7.47. The number of anilines is 1. The minimum absolute atomic E-state index is 0.0977. The largest absolute Gasteiger partial charge is 0.341 e. The summed E-state index contributed by atoms with van der Waals surface area (Å²) in [7, 11) is 1.80. The van der Waals surface area contributed by atoms with E-state index in [4.69, 9.17) is 0 Å². The van der Waals surface area contributed by atoms with Gasteiger partial charge in [-0.3, -0.25) is 14.3 Å². The molecule has 118 valence electrons. The van der Waals surface area contributed by atoms with Gasteiger partial charge in [-0.05, 0) is 18.1 Å². The van der Waals surface area contributed by atoms with Crippen molar-refractivity contribution in [3.05, 3.63) is 54.4 Å². The highest BCUT2D eigenvalue weighted by atomic mass is 16.2. The van der Waals surface area contributed by atoms with E-state index < -0.39 is 6.04 Å². The molecule has 1 aliphatic rings. The zero-order chi connectivity index (χ0) is 16.2. The highest BCUT2D eigenvalue weighted by Gasteiger charge is 2.33. The molecule has 0 aliphatic carbocycles. The van der Waals surface area contributed by atoms with E-state index in [2.05, 4.69) is 10.4 Å². The van der Waals surface area contributed by atoms with Gasteiger partial charge in [0.2, 0.25) is 11.8 Å². The molecule has 0 spiro atoms. The number of benzene rings is 1. The van der Waals surface area contributed by atoms with Crippen LogP contribution in [0.2, 0.25) is 0 Å². The molecule has 1 atom stereocenters. The summed E-state index contributed by atoms with van der Waals surface area (Å²) in [6.45, 7) is 0.581. The Bertz CT molecular complexity index is 736. The van der Waals surface area contributed by atoms with E-state index in [9.17, 15) is 9.59 Å². The van der Waals surface area contributed by atoms with Crippen molar-refractivity contribution in [3.8, 4) is 0 Å². The molecule has 6 heteroatoms. The Morgan fingerprint density at radius 2 is 2.13 bits per heavy atom. The normalized spacial score (nSPS) is 17.9. The Hall–Kier alpha value is -2.89. The number of aromatic nitrogens is 2. The zero-order valence-electron chi connectivity index (χ0n) is 12.8. The molecule has 2 aromatic rings. The number of aryl methyl sites for hydroxylation is 1. The smallest absolute Gasteiger partial charge is 0.249 e. The average molecular weight is 310 g/mol. The molecule has 1 aliphatic heterocycles. The molecular weight excluding hydrogens is 292 g/mol. The Morgan fingerprint density at radius 3 is 2.83 bits per heavy atom. The maximum absolute atomic E-state index is 12.4. The third-order valence-electron chi connectivity index (χ3n) is 3.75. The second kappa shape index (κ2) is 6.48. The van der Waals surface area contributed by atoms with Gasteiger partial charge in [-0.1, -0.05) is 30.3 Å². The number of nitrogens with one attached hydrogen (secondary N) is 1. The molecule has 1 aromatic heterocycles. The molecule has 1 aromatic carbocycles. The van der Waals surface area contributed by atoms with Gasteiger partial charge < -0.3 is 10.2 Å². The van der Waals surface area contributed by atoms with Crippen molar-refractivity contribution >= 4 is 23.6 Å². The van der Waals surface area contributed by atoms with Gasteiger partial charge in [0, 0.05) is 25.9 Å². The van der Waals surface area contributed by atoms with Gasteiger partial charge in [-0.25, -0.2) is 0 Å². The summed E-state index contributed by atoms with van der Waals surface area (Å²) in [6, 6.07) is 9.07. The van der Waals surface area contributed by atoms with Crippen LogP contribution in [0.5, 0.6) is 0 Å². The fraction of sp³-hybridized carbons (Fsp3) is 0.235. The fourth-order valence-corrected chi connectivity index (χ4v) is 2.57. The van der Waals surface area contributed by atoms with Crippen LogP contribution in [0, 0.1) is 0 Å². The quantitative estimate of drug-likeness (QED) is 0.867. The lowest BCUT2D eigenvalue weighted by Gasteiger charge is -2.14. The predicted octanol–water partition coefficient (Wildman–Crippen LogP) is 1.35. The van der Waals surface area contributed by atoms with Gasteiger partial charge in [0.1, 0.15) is 6.04 Å². The van der Waals surface area contributed by atoms with E-state index >= 15 is 0 Å². The number of amides is 2. The SMILES string of the molecule is Cn1cc(N2CC[C@H](NC(=O)/C=C/c3ccccc3)C2=O)cn1. The molecule has 0 saturated carbocycles. The summed E-state index contributed by atoms with van der Waals surface area (Å²) in [5.41, 5.74) is 1.70. The van der Waals surface area contributed by atoms with Gasteiger partial charge in [0.15, 0.2) is 0 Å². The predicted molar refractivity (Wildman–Crippen MR) is 87.6 cm³/mol. The molecular formula is C17H18N4O2. The van der Waals surface area contributed by atoms with Crippen LogP contribution in [0.3, 0.4) is 0 Å². The van der Waals surface area contributed by atoms with Crippen molar-refractivity contribution in [1.82, 2.24) is 15.1 Å². The molecule has 2 amide bonds. The molecule has 1 saturated heterocycles. The number of carbonyl (C=O) groups is 2. The Balaban J connectivity index is 1.59. The average Bonchev–Trinajstić information content (AvgIpc) is 3.13. The van der Waals surface area contributed by atoms with Crippen LogP contribution >= 0.6 is 0 Å². The number of hydrogen-bond acceptors (Lipinski definition) is 3. The number of hydrogen-bond donors (Lipinski definition) is 1. The summed E-state index contributed by atoms with van der Waals surface area (Å²) in [4.78, 5) is 26.0. The molecule has 6 nitrogen and oxygen atoms in total.